The van der Waals surface area contributed by atoms with E-state index >= 15 is 0 Å². The molecule has 26 heavy (non-hydrogen) atoms. The van der Waals surface area contributed by atoms with Crippen molar-refractivity contribution in [3.8, 4) is 0 Å². The Kier molecular flexibility index (Phi) is 6.20. The summed E-state index contributed by atoms with van der Waals surface area (Å²) in [4.78, 5) is 13.8. The predicted octanol–water partition coefficient (Wildman–Crippen LogP) is 5.03. The minimum atomic E-state index is -0.217. The standard InChI is InChI=1S/C22H26ClNO2/c1-24(15-19-6-4-3-5-18(19)13-22(25)26-2)21-12-17(11-20(23)14-21)10-9-16-7-8-16/h3-6,11-12,14,16H,7-10,13,15H2,1-2H3. The van der Waals surface area contributed by atoms with E-state index < -0.39 is 0 Å². The number of hydrogen-bond donors (Lipinski definition) is 0. The zero-order chi connectivity index (χ0) is 18.5. The van der Waals surface area contributed by atoms with E-state index in [1.807, 2.05) is 24.3 Å². The number of carbonyl (C=O) groups is 1. The van der Waals surface area contributed by atoms with Crippen molar-refractivity contribution in [1.82, 2.24) is 0 Å². The number of nitrogens with zero attached hydrogens (tertiary/aromatic N) is 1. The molecule has 0 amide bonds. The van der Waals surface area contributed by atoms with Crippen molar-refractivity contribution in [2.75, 3.05) is 19.1 Å². The monoisotopic (exact) mass is 371 g/mol. The molecule has 1 fully saturated rings. The molecule has 0 N–H and O–H groups in total. The minimum absolute atomic E-state index is 0.217. The number of benzene rings is 2. The molecule has 3 nitrogen and oxygen atoms in total. The summed E-state index contributed by atoms with van der Waals surface area (Å²) in [6, 6.07) is 14.3. The van der Waals surface area contributed by atoms with E-state index in [1.54, 1.807) is 0 Å². The van der Waals surface area contributed by atoms with Crippen molar-refractivity contribution in [1.29, 1.82) is 0 Å². The third kappa shape index (κ3) is 5.25. The number of aryl methyl sites for hydroxylation is 1. The van der Waals surface area contributed by atoms with E-state index in [2.05, 4.69) is 30.1 Å². The number of halogens is 1. The van der Waals surface area contributed by atoms with E-state index in [0.717, 1.165) is 40.7 Å². The van der Waals surface area contributed by atoms with Crippen molar-refractivity contribution in [3.05, 3.63) is 64.2 Å². The third-order valence-electron chi connectivity index (χ3n) is 5.01. The summed E-state index contributed by atoms with van der Waals surface area (Å²) in [5.74, 6) is 0.700. The van der Waals surface area contributed by atoms with E-state index in [1.165, 1.54) is 31.9 Å². The van der Waals surface area contributed by atoms with Crippen molar-refractivity contribution in [2.45, 2.75) is 38.6 Å². The highest BCUT2D eigenvalue weighted by molar-refractivity contribution is 6.30. The van der Waals surface area contributed by atoms with Crippen LogP contribution in [0.2, 0.25) is 5.02 Å². The molecule has 1 aliphatic rings. The SMILES string of the molecule is COC(=O)Cc1ccccc1CN(C)c1cc(Cl)cc(CCC2CC2)c1. The maximum atomic E-state index is 11.7. The van der Waals surface area contributed by atoms with Crippen LogP contribution in [0.4, 0.5) is 5.69 Å². The van der Waals surface area contributed by atoms with E-state index in [-0.39, 0.29) is 5.97 Å². The normalized spacial score (nSPS) is 13.5. The first kappa shape index (κ1) is 18.8. The zero-order valence-electron chi connectivity index (χ0n) is 15.5. The fraction of sp³-hybridized carbons (Fsp3) is 0.409. The molecule has 0 spiro atoms. The lowest BCUT2D eigenvalue weighted by atomic mass is 10.0. The molecule has 0 unspecified atom stereocenters. The van der Waals surface area contributed by atoms with Gasteiger partial charge in [-0.3, -0.25) is 4.79 Å². The largest absolute Gasteiger partial charge is 0.469 e. The molecule has 0 bridgehead atoms. The predicted molar refractivity (Wildman–Crippen MR) is 107 cm³/mol. The quantitative estimate of drug-likeness (QED) is 0.609. The molecule has 0 aromatic heterocycles. The van der Waals surface area contributed by atoms with Crippen LogP contribution in [0.25, 0.3) is 0 Å². The molecule has 0 aliphatic heterocycles. The van der Waals surface area contributed by atoms with E-state index in [9.17, 15) is 4.79 Å². The van der Waals surface area contributed by atoms with Gasteiger partial charge in [0.1, 0.15) is 0 Å². The molecular formula is C22H26ClNO2. The Bertz CT molecular complexity index is 770. The molecular weight excluding hydrogens is 346 g/mol. The van der Waals surface area contributed by atoms with Gasteiger partial charge in [0.2, 0.25) is 0 Å². The van der Waals surface area contributed by atoms with Gasteiger partial charge >= 0.3 is 5.97 Å². The smallest absolute Gasteiger partial charge is 0.309 e. The summed E-state index contributed by atoms with van der Waals surface area (Å²) in [5, 5.41) is 0.781. The van der Waals surface area contributed by atoms with Gasteiger partial charge in [0.25, 0.3) is 0 Å². The Morgan fingerprint density at radius 1 is 1.19 bits per heavy atom. The van der Waals surface area contributed by atoms with Gasteiger partial charge in [-0.25, -0.2) is 0 Å². The Morgan fingerprint density at radius 2 is 1.92 bits per heavy atom. The number of esters is 1. The van der Waals surface area contributed by atoms with E-state index in [4.69, 9.17) is 16.3 Å². The average Bonchev–Trinajstić information content (AvgIpc) is 3.45. The number of carbonyl (C=O) groups excluding carboxylic acids is 1. The summed E-state index contributed by atoms with van der Waals surface area (Å²) in [5.41, 5.74) is 4.53. The number of anilines is 1. The van der Waals surface area contributed by atoms with Crippen LogP contribution < -0.4 is 4.90 Å². The summed E-state index contributed by atoms with van der Waals surface area (Å²) in [6.45, 7) is 0.718. The minimum Gasteiger partial charge on any atom is -0.469 e. The summed E-state index contributed by atoms with van der Waals surface area (Å²) in [6.07, 6.45) is 5.40. The Morgan fingerprint density at radius 3 is 2.62 bits per heavy atom. The van der Waals surface area contributed by atoms with Gasteiger partial charge in [0.05, 0.1) is 13.5 Å². The lowest BCUT2D eigenvalue weighted by molar-refractivity contribution is -0.139. The molecule has 4 heteroatoms. The molecule has 1 aliphatic carbocycles. The molecule has 2 aromatic carbocycles. The molecule has 0 heterocycles. The molecule has 0 atom stereocenters. The molecule has 0 saturated heterocycles. The lowest BCUT2D eigenvalue weighted by Crippen LogP contribution is -2.18. The molecule has 138 valence electrons. The van der Waals surface area contributed by atoms with Crippen molar-refractivity contribution < 1.29 is 9.53 Å². The zero-order valence-corrected chi connectivity index (χ0v) is 16.3. The van der Waals surface area contributed by atoms with Crippen LogP contribution in [-0.2, 0) is 28.9 Å². The Hall–Kier alpha value is -2.00. The highest BCUT2D eigenvalue weighted by atomic mass is 35.5. The third-order valence-corrected chi connectivity index (χ3v) is 5.23. The second kappa shape index (κ2) is 8.59. The van der Waals surface area contributed by atoms with Gasteiger partial charge in [0, 0.05) is 24.3 Å². The fourth-order valence-corrected chi connectivity index (χ4v) is 3.49. The van der Waals surface area contributed by atoms with Crippen LogP contribution in [0, 0.1) is 5.92 Å². The van der Waals surface area contributed by atoms with Gasteiger partial charge in [0.15, 0.2) is 0 Å². The number of ether oxygens (including phenoxy) is 1. The summed E-state index contributed by atoms with van der Waals surface area (Å²) in [7, 11) is 3.48. The van der Waals surface area contributed by atoms with Crippen molar-refractivity contribution in [2.24, 2.45) is 5.92 Å². The Labute approximate surface area is 160 Å². The number of hydrogen-bond acceptors (Lipinski definition) is 3. The first-order valence-electron chi connectivity index (χ1n) is 9.19. The fourth-order valence-electron chi connectivity index (χ4n) is 3.23. The molecule has 3 rings (SSSR count). The van der Waals surface area contributed by atoms with Gasteiger partial charge in [-0.2, -0.15) is 0 Å². The van der Waals surface area contributed by atoms with Crippen LogP contribution in [0.15, 0.2) is 42.5 Å². The first-order chi connectivity index (χ1) is 12.5. The highest BCUT2D eigenvalue weighted by Gasteiger charge is 2.20. The van der Waals surface area contributed by atoms with Crippen LogP contribution in [0.3, 0.4) is 0 Å². The van der Waals surface area contributed by atoms with E-state index in [0.29, 0.717) is 6.42 Å². The highest BCUT2D eigenvalue weighted by Crippen LogP contribution is 2.34. The van der Waals surface area contributed by atoms with Gasteiger partial charge in [-0.05, 0) is 53.6 Å². The summed E-state index contributed by atoms with van der Waals surface area (Å²) >= 11 is 6.36. The first-order valence-corrected chi connectivity index (χ1v) is 9.57. The second-order valence-corrected chi connectivity index (χ2v) is 7.61. The van der Waals surface area contributed by atoms with Crippen LogP contribution in [0.1, 0.15) is 36.0 Å². The van der Waals surface area contributed by atoms with Crippen LogP contribution >= 0.6 is 11.6 Å². The van der Waals surface area contributed by atoms with Gasteiger partial charge in [-0.1, -0.05) is 48.7 Å². The second-order valence-electron chi connectivity index (χ2n) is 7.18. The van der Waals surface area contributed by atoms with Crippen molar-refractivity contribution in [3.63, 3.8) is 0 Å². The maximum Gasteiger partial charge on any atom is 0.309 e. The van der Waals surface area contributed by atoms with Gasteiger partial charge in [-0.15, -0.1) is 0 Å². The average molecular weight is 372 g/mol. The number of rotatable bonds is 8. The van der Waals surface area contributed by atoms with Crippen molar-refractivity contribution >= 4 is 23.3 Å². The lowest BCUT2D eigenvalue weighted by Gasteiger charge is -2.22. The van der Waals surface area contributed by atoms with Crippen LogP contribution in [-0.4, -0.2) is 20.1 Å². The molecule has 2 aromatic rings. The number of methoxy groups -OCH3 is 1. The Balaban J connectivity index is 1.73. The summed E-state index contributed by atoms with van der Waals surface area (Å²) < 4.78 is 4.81. The van der Waals surface area contributed by atoms with Gasteiger partial charge < -0.3 is 9.64 Å². The van der Waals surface area contributed by atoms with Crippen LogP contribution in [0.5, 0.6) is 0 Å². The molecule has 0 radical (unpaired) electrons. The topological polar surface area (TPSA) is 29.5 Å². The molecule has 1 saturated carbocycles. The maximum absolute atomic E-state index is 11.7.